The zero-order valence-corrected chi connectivity index (χ0v) is 20.5. The van der Waals surface area contributed by atoms with E-state index < -0.39 is 0 Å². The van der Waals surface area contributed by atoms with Gasteiger partial charge in [0.15, 0.2) is 0 Å². The van der Waals surface area contributed by atoms with Gasteiger partial charge in [0.25, 0.3) is 0 Å². The first-order valence-electron chi connectivity index (χ1n) is 11.1. The van der Waals surface area contributed by atoms with Crippen LogP contribution in [0.3, 0.4) is 0 Å². The summed E-state index contributed by atoms with van der Waals surface area (Å²) < 4.78 is 0. The van der Waals surface area contributed by atoms with Crippen molar-refractivity contribution in [2.75, 3.05) is 0 Å². The lowest BCUT2D eigenvalue weighted by Gasteiger charge is -2.00. The lowest BCUT2D eigenvalue weighted by Crippen LogP contribution is -1.85. The minimum atomic E-state index is 0.255. The maximum atomic E-state index is 9.81. The van der Waals surface area contributed by atoms with Crippen LogP contribution in [-0.4, -0.2) is 12.0 Å². The molecule has 0 amide bonds. The SMILES string of the molecule is C=C(C)N=C/C(=C\CC)CCC.CC.CCC(C)=O.CCCCCC(C)C. The van der Waals surface area contributed by atoms with Gasteiger partial charge in [-0.25, -0.2) is 0 Å². The molecule has 0 saturated carbocycles. The number of hydrogen-bond donors (Lipinski definition) is 0. The molecule has 0 aromatic heterocycles. The predicted octanol–water partition coefficient (Wildman–Crippen LogP) is 8.96. The minimum Gasteiger partial charge on any atom is -0.300 e. The Morgan fingerprint density at radius 1 is 1.00 bits per heavy atom. The van der Waals surface area contributed by atoms with Gasteiger partial charge in [-0.1, -0.05) is 100 Å². The molecule has 0 aliphatic heterocycles. The summed E-state index contributed by atoms with van der Waals surface area (Å²) in [6, 6.07) is 0. The number of allylic oxidation sites excluding steroid dienone is 3. The number of nitrogens with zero attached hydrogens (tertiary/aromatic N) is 1. The number of hydrogen-bond acceptors (Lipinski definition) is 2. The average Bonchev–Trinajstić information content (AvgIpc) is 2.62. The van der Waals surface area contributed by atoms with Crippen LogP contribution in [0.25, 0.3) is 0 Å². The van der Waals surface area contributed by atoms with Crippen molar-refractivity contribution in [1.29, 1.82) is 0 Å². The van der Waals surface area contributed by atoms with Crippen LogP contribution in [0.2, 0.25) is 0 Å². The highest BCUT2D eigenvalue weighted by Crippen LogP contribution is 2.07. The summed E-state index contributed by atoms with van der Waals surface area (Å²) in [5.74, 6) is 1.16. The molecule has 0 unspecified atom stereocenters. The van der Waals surface area contributed by atoms with Gasteiger partial charge in [-0.05, 0) is 38.2 Å². The van der Waals surface area contributed by atoms with Crippen molar-refractivity contribution in [1.82, 2.24) is 0 Å². The summed E-state index contributed by atoms with van der Waals surface area (Å²) >= 11 is 0. The van der Waals surface area contributed by atoms with Gasteiger partial charge in [0.1, 0.15) is 5.78 Å². The summed E-state index contributed by atoms with van der Waals surface area (Å²) in [7, 11) is 0. The van der Waals surface area contributed by atoms with E-state index >= 15 is 0 Å². The van der Waals surface area contributed by atoms with E-state index in [1.54, 1.807) is 6.92 Å². The number of aliphatic imine (C=N–C) groups is 1. The zero-order valence-electron chi connectivity index (χ0n) is 20.5. The molecule has 0 spiro atoms. The standard InChI is InChI=1S/C11H19N.C8H18.C4H8O.C2H6/c1-5-7-11(8-6-2)9-12-10(3)4;1-4-5-6-7-8(2)3;1-3-4(2)5;1-2/h7,9H,3,5-6,8H2,1-2,4H3;8H,4-7H2,1-3H3;3H2,1-2H3;1-2H3/b11-7-,12-9?;;;. The van der Waals surface area contributed by atoms with Crippen LogP contribution in [0.4, 0.5) is 0 Å². The van der Waals surface area contributed by atoms with Gasteiger partial charge < -0.3 is 4.79 Å². The Kier molecular flexibility index (Phi) is 36.6. The second-order valence-electron chi connectivity index (χ2n) is 6.88. The monoisotopic (exact) mass is 381 g/mol. The first-order valence-corrected chi connectivity index (χ1v) is 11.1. The molecule has 2 heteroatoms. The van der Waals surface area contributed by atoms with Gasteiger partial charge in [0, 0.05) is 18.3 Å². The Morgan fingerprint density at radius 3 is 1.81 bits per heavy atom. The van der Waals surface area contributed by atoms with E-state index in [9.17, 15) is 4.79 Å². The number of ketones is 1. The summed E-state index contributed by atoms with van der Waals surface area (Å²) in [4.78, 5) is 14.0. The van der Waals surface area contributed by atoms with Gasteiger partial charge >= 0.3 is 0 Å². The fraction of sp³-hybridized carbons (Fsp3) is 0.760. The molecule has 0 heterocycles. The average molecular weight is 382 g/mol. The molecule has 0 rings (SSSR count). The number of carbonyl (C=O) groups excluding carboxylic acids is 1. The van der Waals surface area contributed by atoms with Crippen LogP contribution in [0, 0.1) is 5.92 Å². The topological polar surface area (TPSA) is 29.4 Å². The summed E-state index contributed by atoms with van der Waals surface area (Å²) in [6.07, 6.45) is 13.8. The van der Waals surface area contributed by atoms with Crippen molar-refractivity contribution in [2.24, 2.45) is 10.9 Å². The maximum Gasteiger partial charge on any atom is 0.129 e. The van der Waals surface area contributed by atoms with Crippen LogP contribution in [-0.2, 0) is 4.79 Å². The van der Waals surface area contributed by atoms with Crippen molar-refractivity contribution in [3.8, 4) is 0 Å². The molecule has 27 heavy (non-hydrogen) atoms. The first-order chi connectivity index (χ1) is 12.7. The zero-order chi connectivity index (χ0) is 22.1. The molecular weight excluding hydrogens is 330 g/mol. The molecule has 2 nitrogen and oxygen atoms in total. The number of unbranched alkanes of at least 4 members (excludes halogenated alkanes) is 2. The lowest BCUT2D eigenvalue weighted by atomic mass is 10.1. The van der Waals surface area contributed by atoms with Crippen LogP contribution >= 0.6 is 0 Å². The Bertz CT molecular complexity index is 365. The molecule has 0 aromatic rings. The fourth-order valence-corrected chi connectivity index (χ4v) is 1.77. The van der Waals surface area contributed by atoms with Gasteiger partial charge in [-0.15, -0.1) is 0 Å². The van der Waals surface area contributed by atoms with E-state index in [0.29, 0.717) is 6.42 Å². The lowest BCUT2D eigenvalue weighted by molar-refractivity contribution is -0.116. The van der Waals surface area contributed by atoms with Gasteiger partial charge in [-0.2, -0.15) is 0 Å². The van der Waals surface area contributed by atoms with E-state index in [1.807, 2.05) is 33.9 Å². The normalized spacial score (nSPS) is 10.3. The van der Waals surface area contributed by atoms with E-state index in [4.69, 9.17) is 0 Å². The van der Waals surface area contributed by atoms with Crippen LogP contribution in [0.1, 0.15) is 121 Å². The quantitative estimate of drug-likeness (QED) is 0.274. The van der Waals surface area contributed by atoms with E-state index in [1.165, 1.54) is 37.7 Å². The fourth-order valence-electron chi connectivity index (χ4n) is 1.77. The maximum absolute atomic E-state index is 9.81. The van der Waals surface area contributed by atoms with Crippen molar-refractivity contribution in [3.05, 3.63) is 23.9 Å². The Hall–Kier alpha value is -1.18. The highest BCUT2D eigenvalue weighted by Gasteiger charge is 1.91. The van der Waals surface area contributed by atoms with E-state index in [-0.39, 0.29) is 5.78 Å². The molecule has 0 fully saturated rings. The van der Waals surface area contributed by atoms with Gasteiger partial charge in [0.2, 0.25) is 0 Å². The highest BCUT2D eigenvalue weighted by molar-refractivity contribution is 5.79. The third-order valence-corrected chi connectivity index (χ3v) is 3.34. The van der Waals surface area contributed by atoms with Crippen molar-refractivity contribution in [2.45, 2.75) is 121 Å². The number of carbonyl (C=O) groups is 1. The third kappa shape index (κ3) is 45.7. The molecule has 0 N–H and O–H groups in total. The Labute approximate surface area is 172 Å². The molecule has 0 aliphatic rings. The van der Waals surface area contributed by atoms with E-state index in [2.05, 4.69) is 52.3 Å². The molecule has 0 atom stereocenters. The first kappa shape index (κ1) is 33.4. The van der Waals surface area contributed by atoms with Gasteiger partial charge in [-0.3, -0.25) is 4.99 Å². The van der Waals surface area contributed by atoms with Crippen molar-refractivity contribution >= 4 is 12.0 Å². The minimum absolute atomic E-state index is 0.255. The van der Waals surface area contributed by atoms with Crippen molar-refractivity contribution in [3.63, 3.8) is 0 Å². The van der Waals surface area contributed by atoms with Gasteiger partial charge in [0.05, 0.1) is 0 Å². The highest BCUT2D eigenvalue weighted by atomic mass is 16.1. The number of rotatable bonds is 10. The summed E-state index contributed by atoms with van der Waals surface area (Å²) in [5, 5.41) is 0. The molecule has 0 radical (unpaired) electrons. The summed E-state index contributed by atoms with van der Waals surface area (Å²) in [5.41, 5.74) is 2.19. The van der Waals surface area contributed by atoms with Crippen LogP contribution in [0.5, 0.6) is 0 Å². The number of Topliss-reactive ketones (excluding diaryl/α,β-unsaturated/α-hetero) is 1. The molecular formula is C25H51NO. The second-order valence-corrected chi connectivity index (χ2v) is 6.88. The summed E-state index contributed by atoms with van der Waals surface area (Å²) in [6.45, 7) is 24.2. The van der Waals surface area contributed by atoms with Crippen molar-refractivity contribution < 1.29 is 4.79 Å². The molecule has 0 bridgehead atoms. The largest absolute Gasteiger partial charge is 0.300 e. The molecule has 0 aromatic carbocycles. The molecule has 162 valence electrons. The Balaban J connectivity index is -0.000000152. The van der Waals surface area contributed by atoms with Crippen LogP contribution in [0.15, 0.2) is 28.9 Å². The third-order valence-electron chi connectivity index (χ3n) is 3.34. The molecule has 0 saturated heterocycles. The van der Waals surface area contributed by atoms with E-state index in [0.717, 1.165) is 24.5 Å². The van der Waals surface area contributed by atoms with Crippen LogP contribution < -0.4 is 0 Å². The Morgan fingerprint density at radius 2 is 1.52 bits per heavy atom. The molecule has 0 aliphatic carbocycles. The predicted molar refractivity (Wildman–Crippen MR) is 128 cm³/mol. The smallest absolute Gasteiger partial charge is 0.129 e. The second kappa shape index (κ2) is 29.6.